The maximum Gasteiger partial charge on any atom is 0.0457 e. The molecule has 0 aliphatic carbocycles. The van der Waals surface area contributed by atoms with Crippen LogP contribution in [0.25, 0.3) is 10.9 Å². The summed E-state index contributed by atoms with van der Waals surface area (Å²) in [6, 6.07) is 6.60. The molecule has 3 heteroatoms. The van der Waals surface area contributed by atoms with E-state index in [2.05, 4.69) is 42.5 Å². The first-order chi connectivity index (χ1) is 9.24. The van der Waals surface area contributed by atoms with E-state index in [1.807, 2.05) is 6.07 Å². The second-order valence-electron chi connectivity index (χ2n) is 5.15. The topological polar surface area (TPSA) is 27.8 Å². The van der Waals surface area contributed by atoms with E-state index in [-0.39, 0.29) is 0 Å². The van der Waals surface area contributed by atoms with Gasteiger partial charge in [-0.05, 0) is 49.6 Å². The first kappa shape index (κ1) is 14.4. The summed E-state index contributed by atoms with van der Waals surface area (Å²) in [5.41, 5.74) is 2.53. The van der Waals surface area contributed by atoms with Gasteiger partial charge in [0.1, 0.15) is 0 Å². The molecular formula is C16H23ClN2. The van der Waals surface area contributed by atoms with Crippen LogP contribution in [0.4, 0.5) is 0 Å². The van der Waals surface area contributed by atoms with Gasteiger partial charge in [0.25, 0.3) is 0 Å². The van der Waals surface area contributed by atoms with Crippen molar-refractivity contribution in [2.75, 3.05) is 6.54 Å². The molecule has 0 saturated carbocycles. The number of benzene rings is 1. The van der Waals surface area contributed by atoms with Crippen LogP contribution in [0.2, 0.25) is 5.02 Å². The zero-order valence-corrected chi connectivity index (χ0v) is 12.6. The fourth-order valence-corrected chi connectivity index (χ4v) is 2.73. The van der Waals surface area contributed by atoms with Crippen LogP contribution in [0.3, 0.4) is 0 Å². The van der Waals surface area contributed by atoms with Gasteiger partial charge in [-0.1, -0.05) is 31.9 Å². The van der Waals surface area contributed by atoms with Crippen LogP contribution in [-0.4, -0.2) is 17.6 Å². The third kappa shape index (κ3) is 3.74. The zero-order chi connectivity index (χ0) is 13.7. The Bertz CT molecular complexity index is 518. The lowest BCUT2D eigenvalue weighted by atomic mass is 10.0. The summed E-state index contributed by atoms with van der Waals surface area (Å²) >= 11 is 6.10. The number of fused-ring (bicyclic) bond motifs is 1. The molecule has 1 aromatic heterocycles. The van der Waals surface area contributed by atoms with Crippen molar-refractivity contribution in [1.29, 1.82) is 0 Å². The molecule has 19 heavy (non-hydrogen) atoms. The summed E-state index contributed by atoms with van der Waals surface area (Å²) in [6.07, 6.45) is 6.79. The zero-order valence-electron chi connectivity index (χ0n) is 11.8. The molecular weight excluding hydrogens is 256 g/mol. The SMILES string of the molecule is CCCNC(CCC)Cc1c[nH]c2ccc(Cl)cc12. The van der Waals surface area contributed by atoms with Gasteiger partial charge in [-0.15, -0.1) is 0 Å². The quantitative estimate of drug-likeness (QED) is 0.765. The Morgan fingerprint density at radius 2 is 2.11 bits per heavy atom. The number of aromatic nitrogens is 1. The van der Waals surface area contributed by atoms with Crippen molar-refractivity contribution in [3.63, 3.8) is 0 Å². The van der Waals surface area contributed by atoms with Crippen molar-refractivity contribution in [2.24, 2.45) is 0 Å². The maximum absolute atomic E-state index is 6.10. The lowest BCUT2D eigenvalue weighted by molar-refractivity contribution is 0.474. The van der Waals surface area contributed by atoms with Crippen LogP contribution in [-0.2, 0) is 6.42 Å². The highest BCUT2D eigenvalue weighted by molar-refractivity contribution is 6.31. The van der Waals surface area contributed by atoms with Gasteiger partial charge in [0.15, 0.2) is 0 Å². The molecule has 0 fully saturated rings. The Balaban J connectivity index is 2.15. The van der Waals surface area contributed by atoms with Gasteiger partial charge in [0.2, 0.25) is 0 Å². The molecule has 2 nitrogen and oxygen atoms in total. The number of nitrogens with one attached hydrogen (secondary N) is 2. The number of aromatic amines is 1. The van der Waals surface area contributed by atoms with Crippen molar-refractivity contribution >= 4 is 22.5 Å². The molecule has 2 N–H and O–H groups in total. The highest BCUT2D eigenvalue weighted by Crippen LogP contribution is 2.23. The van der Waals surface area contributed by atoms with Crippen molar-refractivity contribution < 1.29 is 0 Å². The van der Waals surface area contributed by atoms with E-state index in [9.17, 15) is 0 Å². The summed E-state index contributed by atoms with van der Waals surface area (Å²) in [5, 5.41) is 5.70. The Morgan fingerprint density at radius 1 is 1.26 bits per heavy atom. The van der Waals surface area contributed by atoms with Gasteiger partial charge in [0.05, 0.1) is 0 Å². The molecule has 104 valence electrons. The normalized spacial score (nSPS) is 13.0. The largest absolute Gasteiger partial charge is 0.361 e. The van der Waals surface area contributed by atoms with Crippen LogP contribution in [0, 0.1) is 0 Å². The number of H-pyrrole nitrogens is 1. The molecule has 1 aromatic carbocycles. The minimum absolute atomic E-state index is 0.558. The third-order valence-electron chi connectivity index (χ3n) is 3.52. The van der Waals surface area contributed by atoms with Crippen LogP contribution >= 0.6 is 11.6 Å². The fraction of sp³-hybridized carbons (Fsp3) is 0.500. The summed E-state index contributed by atoms with van der Waals surface area (Å²) in [7, 11) is 0. The van der Waals surface area contributed by atoms with E-state index in [0.29, 0.717) is 6.04 Å². The summed E-state index contributed by atoms with van der Waals surface area (Å²) in [5.74, 6) is 0. The Kier molecular flexibility index (Phi) is 5.29. The van der Waals surface area contributed by atoms with Crippen molar-refractivity contribution in [1.82, 2.24) is 10.3 Å². The van der Waals surface area contributed by atoms with E-state index in [4.69, 9.17) is 11.6 Å². The molecule has 0 saturated heterocycles. The molecule has 1 unspecified atom stereocenters. The molecule has 1 atom stereocenters. The molecule has 0 bridgehead atoms. The average Bonchev–Trinajstić information content (AvgIpc) is 2.79. The van der Waals surface area contributed by atoms with Gasteiger partial charge in [-0.2, -0.15) is 0 Å². The molecule has 0 spiro atoms. The predicted molar refractivity (Wildman–Crippen MR) is 84.0 cm³/mol. The predicted octanol–water partition coefficient (Wildman–Crippen LogP) is 4.53. The lowest BCUT2D eigenvalue weighted by Gasteiger charge is -2.17. The smallest absolute Gasteiger partial charge is 0.0457 e. The fourth-order valence-electron chi connectivity index (χ4n) is 2.56. The van der Waals surface area contributed by atoms with Gasteiger partial charge >= 0.3 is 0 Å². The van der Waals surface area contributed by atoms with Crippen LogP contribution in [0.15, 0.2) is 24.4 Å². The van der Waals surface area contributed by atoms with E-state index < -0.39 is 0 Å². The van der Waals surface area contributed by atoms with E-state index in [0.717, 1.165) is 18.0 Å². The first-order valence-corrected chi connectivity index (χ1v) is 7.61. The van der Waals surface area contributed by atoms with E-state index >= 15 is 0 Å². The van der Waals surface area contributed by atoms with E-state index in [1.165, 1.54) is 35.7 Å². The minimum atomic E-state index is 0.558. The van der Waals surface area contributed by atoms with Crippen LogP contribution < -0.4 is 5.32 Å². The van der Waals surface area contributed by atoms with Gasteiger partial charge in [-0.3, -0.25) is 0 Å². The van der Waals surface area contributed by atoms with Gasteiger partial charge < -0.3 is 10.3 Å². The molecule has 0 aliphatic heterocycles. The number of rotatable bonds is 7. The number of hydrogen-bond donors (Lipinski definition) is 2. The van der Waals surface area contributed by atoms with Crippen molar-refractivity contribution in [3.05, 3.63) is 35.0 Å². The lowest BCUT2D eigenvalue weighted by Crippen LogP contribution is -2.31. The second kappa shape index (κ2) is 6.97. The van der Waals surface area contributed by atoms with Gasteiger partial charge in [0, 0.05) is 28.2 Å². The first-order valence-electron chi connectivity index (χ1n) is 7.23. The molecule has 0 radical (unpaired) electrons. The highest BCUT2D eigenvalue weighted by Gasteiger charge is 2.11. The average molecular weight is 279 g/mol. The molecule has 2 rings (SSSR count). The maximum atomic E-state index is 6.10. The standard InChI is InChI=1S/C16H23ClN2/c1-3-5-14(18-8-4-2)9-12-11-19-16-7-6-13(17)10-15(12)16/h6-7,10-11,14,18-19H,3-5,8-9H2,1-2H3. The summed E-state index contributed by atoms with van der Waals surface area (Å²) in [4.78, 5) is 3.33. The minimum Gasteiger partial charge on any atom is -0.361 e. The molecule has 2 aromatic rings. The van der Waals surface area contributed by atoms with Crippen molar-refractivity contribution in [2.45, 2.75) is 45.6 Å². The molecule has 0 amide bonds. The third-order valence-corrected chi connectivity index (χ3v) is 3.75. The highest BCUT2D eigenvalue weighted by atomic mass is 35.5. The second-order valence-corrected chi connectivity index (χ2v) is 5.58. The Labute approximate surface area is 120 Å². The molecule has 0 aliphatic rings. The Hall–Kier alpha value is -0.990. The Morgan fingerprint density at radius 3 is 2.84 bits per heavy atom. The van der Waals surface area contributed by atoms with E-state index in [1.54, 1.807) is 0 Å². The molecule has 1 heterocycles. The number of halogens is 1. The summed E-state index contributed by atoms with van der Waals surface area (Å²) in [6.45, 7) is 5.54. The van der Waals surface area contributed by atoms with Gasteiger partial charge in [-0.25, -0.2) is 0 Å². The van der Waals surface area contributed by atoms with Crippen LogP contribution in [0.5, 0.6) is 0 Å². The summed E-state index contributed by atoms with van der Waals surface area (Å²) < 4.78 is 0. The number of hydrogen-bond acceptors (Lipinski definition) is 1. The van der Waals surface area contributed by atoms with Crippen LogP contribution in [0.1, 0.15) is 38.7 Å². The monoisotopic (exact) mass is 278 g/mol. The van der Waals surface area contributed by atoms with Crippen molar-refractivity contribution in [3.8, 4) is 0 Å².